The highest BCUT2D eigenvalue weighted by Crippen LogP contribution is 2.26. The van der Waals surface area contributed by atoms with Gasteiger partial charge in [-0.15, -0.1) is 0 Å². The lowest BCUT2D eigenvalue weighted by atomic mass is 9.98. The van der Waals surface area contributed by atoms with Gasteiger partial charge in [0.1, 0.15) is 48.8 Å². The van der Waals surface area contributed by atoms with Crippen LogP contribution < -0.4 is 0 Å². The Labute approximate surface area is 153 Å². The number of hydrogen-bond acceptors (Lipinski definition) is 13. The van der Waals surface area contributed by atoms with E-state index >= 15 is 0 Å². The molecular weight excluding hydrogens is 400 g/mol. The van der Waals surface area contributed by atoms with Crippen molar-refractivity contribution in [2.75, 3.05) is 13.2 Å². The van der Waals surface area contributed by atoms with Crippen molar-refractivity contribution < 1.29 is 67.1 Å². The molecule has 2 aliphatic rings. The summed E-state index contributed by atoms with van der Waals surface area (Å²) in [5.41, 5.74) is 0. The molecule has 0 aromatic carbocycles. The molecule has 0 aromatic heterocycles. The number of rotatable bonds is 6. The van der Waals surface area contributed by atoms with E-state index in [1.807, 2.05) is 0 Å². The lowest BCUT2D eigenvalue weighted by Crippen LogP contribution is -2.62. The van der Waals surface area contributed by atoms with Crippen molar-refractivity contribution in [3.8, 4) is 0 Å². The molecule has 0 spiro atoms. The first kappa shape index (κ1) is 22.8. The minimum absolute atomic E-state index is 0.719. The Morgan fingerprint density at radius 1 is 0.815 bits per heavy atom. The highest BCUT2D eigenvalue weighted by atomic mass is 32.3. The first-order chi connectivity index (χ1) is 12.5. The SMILES string of the molecule is O=S(=O)(O)O[C@H]1[C@H](O)[C@@H](O)[C@@H](O)O[C@@H]1CO[C@H]1O[C@H](CO)[C@@H](O)[C@H](O)[C@H]1O. The fourth-order valence-corrected chi connectivity index (χ4v) is 3.23. The molecule has 0 radical (unpaired) electrons. The van der Waals surface area contributed by atoms with Crippen molar-refractivity contribution in [2.45, 2.75) is 61.4 Å². The Morgan fingerprint density at radius 3 is 2.00 bits per heavy atom. The van der Waals surface area contributed by atoms with Crippen molar-refractivity contribution in [3.05, 3.63) is 0 Å². The molecule has 27 heavy (non-hydrogen) atoms. The number of aliphatic hydroxyl groups excluding tert-OH is 7. The van der Waals surface area contributed by atoms with Gasteiger partial charge in [0.15, 0.2) is 12.6 Å². The van der Waals surface area contributed by atoms with Crippen LogP contribution in [-0.4, -0.2) is 123 Å². The number of hydrogen-bond donors (Lipinski definition) is 8. The van der Waals surface area contributed by atoms with Gasteiger partial charge in [-0.1, -0.05) is 0 Å². The first-order valence-electron chi connectivity index (χ1n) is 7.73. The second-order valence-electron chi connectivity index (χ2n) is 6.07. The molecular formula is C12H22O14S. The number of aliphatic hydroxyl groups is 7. The summed E-state index contributed by atoms with van der Waals surface area (Å²) in [6.45, 7) is -1.44. The topological polar surface area (TPSA) is 233 Å². The predicted octanol–water partition coefficient (Wildman–Crippen LogP) is -5.57. The van der Waals surface area contributed by atoms with Gasteiger partial charge in [-0.05, 0) is 0 Å². The van der Waals surface area contributed by atoms with Crippen molar-refractivity contribution in [1.82, 2.24) is 0 Å². The molecule has 0 bridgehead atoms. The monoisotopic (exact) mass is 422 g/mol. The standard InChI is InChI=1S/C12H22O14S/c13-1-3-5(14)6(15)9(18)12(25-3)23-2-4-10(26-27(20,21)22)7(16)8(17)11(19)24-4/h3-19H,1-2H2,(H,20,21,22)/t3-,4-,5-,6+,7-,8-,9-,10-,11+,12+/m1/s1. The summed E-state index contributed by atoms with van der Waals surface area (Å²) < 4.78 is 49.9. The molecule has 2 rings (SSSR count). The van der Waals surface area contributed by atoms with Gasteiger partial charge in [0.2, 0.25) is 0 Å². The summed E-state index contributed by atoms with van der Waals surface area (Å²) in [7, 11) is -5.09. The molecule has 0 aromatic rings. The molecule has 10 atom stereocenters. The summed E-state index contributed by atoms with van der Waals surface area (Å²) in [6.07, 6.45) is -17.4. The molecule has 0 unspecified atom stereocenters. The van der Waals surface area contributed by atoms with E-state index in [0.717, 1.165) is 0 Å². The lowest BCUT2D eigenvalue weighted by molar-refractivity contribution is -0.324. The molecule has 2 heterocycles. The van der Waals surface area contributed by atoms with Crippen LogP contribution in [0.5, 0.6) is 0 Å². The zero-order valence-corrected chi connectivity index (χ0v) is 14.4. The fourth-order valence-electron chi connectivity index (χ4n) is 2.71. The maximum absolute atomic E-state index is 10.9. The van der Waals surface area contributed by atoms with Gasteiger partial charge in [0.25, 0.3) is 0 Å². The predicted molar refractivity (Wildman–Crippen MR) is 79.0 cm³/mol. The van der Waals surface area contributed by atoms with Crippen LogP contribution >= 0.6 is 0 Å². The highest BCUT2D eigenvalue weighted by Gasteiger charge is 2.48. The molecule has 160 valence electrons. The van der Waals surface area contributed by atoms with E-state index in [9.17, 15) is 39.1 Å². The molecule has 2 saturated heterocycles. The number of ether oxygens (including phenoxy) is 3. The molecule has 2 aliphatic heterocycles. The Hall–Kier alpha value is -0.530. The highest BCUT2D eigenvalue weighted by molar-refractivity contribution is 7.80. The Balaban J connectivity index is 2.08. The lowest BCUT2D eigenvalue weighted by Gasteiger charge is -2.42. The maximum atomic E-state index is 10.9. The van der Waals surface area contributed by atoms with E-state index in [4.69, 9.17) is 23.9 Å². The summed E-state index contributed by atoms with van der Waals surface area (Å²) in [4.78, 5) is 0. The zero-order valence-electron chi connectivity index (χ0n) is 13.6. The normalized spacial score (nSPS) is 46.4. The molecule has 0 saturated carbocycles. The van der Waals surface area contributed by atoms with E-state index in [1.165, 1.54) is 0 Å². The van der Waals surface area contributed by atoms with E-state index in [-0.39, 0.29) is 0 Å². The van der Waals surface area contributed by atoms with Crippen molar-refractivity contribution >= 4 is 10.4 Å². The summed E-state index contributed by atoms with van der Waals surface area (Å²) in [5.74, 6) is 0. The third kappa shape index (κ3) is 5.30. The summed E-state index contributed by atoms with van der Waals surface area (Å²) in [5, 5.41) is 67.3. The second-order valence-corrected chi connectivity index (χ2v) is 7.11. The van der Waals surface area contributed by atoms with Crippen molar-refractivity contribution in [1.29, 1.82) is 0 Å². The van der Waals surface area contributed by atoms with Crippen LogP contribution in [-0.2, 0) is 28.8 Å². The van der Waals surface area contributed by atoms with E-state index < -0.39 is 85.0 Å². The van der Waals surface area contributed by atoms with Gasteiger partial charge in [-0.25, -0.2) is 4.18 Å². The van der Waals surface area contributed by atoms with Crippen LogP contribution in [0.4, 0.5) is 0 Å². The smallest absolute Gasteiger partial charge is 0.394 e. The first-order valence-corrected chi connectivity index (χ1v) is 9.10. The van der Waals surface area contributed by atoms with Gasteiger partial charge in [-0.3, -0.25) is 4.55 Å². The zero-order chi connectivity index (χ0) is 20.5. The summed E-state index contributed by atoms with van der Waals surface area (Å²) in [6, 6.07) is 0. The van der Waals surface area contributed by atoms with Crippen LogP contribution in [0.1, 0.15) is 0 Å². The Kier molecular flexibility index (Phi) is 7.47. The fraction of sp³-hybridized carbons (Fsp3) is 1.00. The average Bonchev–Trinajstić information content (AvgIpc) is 2.59. The minimum Gasteiger partial charge on any atom is -0.394 e. The molecule has 0 amide bonds. The quantitative estimate of drug-likeness (QED) is 0.186. The molecule has 0 aliphatic carbocycles. The van der Waals surface area contributed by atoms with Gasteiger partial charge in [-0.2, -0.15) is 8.42 Å². The van der Waals surface area contributed by atoms with Crippen LogP contribution in [0.25, 0.3) is 0 Å². The Bertz CT molecular complexity index is 583. The third-order valence-electron chi connectivity index (χ3n) is 4.17. The van der Waals surface area contributed by atoms with Crippen molar-refractivity contribution in [2.24, 2.45) is 0 Å². The van der Waals surface area contributed by atoms with Gasteiger partial charge in [0.05, 0.1) is 13.2 Å². The minimum atomic E-state index is -5.09. The van der Waals surface area contributed by atoms with Crippen molar-refractivity contribution in [3.63, 3.8) is 0 Å². The van der Waals surface area contributed by atoms with Gasteiger partial charge < -0.3 is 50.0 Å². The molecule has 14 nitrogen and oxygen atoms in total. The maximum Gasteiger partial charge on any atom is 0.397 e. The van der Waals surface area contributed by atoms with E-state index in [1.54, 1.807) is 0 Å². The Morgan fingerprint density at radius 2 is 1.44 bits per heavy atom. The molecule has 15 heteroatoms. The van der Waals surface area contributed by atoms with E-state index in [2.05, 4.69) is 4.18 Å². The summed E-state index contributed by atoms with van der Waals surface area (Å²) >= 11 is 0. The molecule has 2 fully saturated rings. The second kappa shape index (κ2) is 8.87. The van der Waals surface area contributed by atoms with Crippen LogP contribution in [0.2, 0.25) is 0 Å². The third-order valence-corrected chi connectivity index (χ3v) is 4.63. The average molecular weight is 422 g/mol. The van der Waals surface area contributed by atoms with E-state index in [0.29, 0.717) is 0 Å². The van der Waals surface area contributed by atoms with Gasteiger partial charge >= 0.3 is 10.4 Å². The largest absolute Gasteiger partial charge is 0.397 e. The van der Waals surface area contributed by atoms with Crippen LogP contribution in [0.15, 0.2) is 0 Å². The van der Waals surface area contributed by atoms with Crippen LogP contribution in [0.3, 0.4) is 0 Å². The molecule has 8 N–H and O–H groups in total. The van der Waals surface area contributed by atoms with Crippen LogP contribution in [0, 0.1) is 0 Å². The van der Waals surface area contributed by atoms with Gasteiger partial charge in [0, 0.05) is 0 Å².